The van der Waals surface area contributed by atoms with E-state index in [4.69, 9.17) is 12.2 Å². The molecule has 0 spiro atoms. The van der Waals surface area contributed by atoms with Gasteiger partial charge in [-0.3, -0.25) is 9.78 Å². The van der Waals surface area contributed by atoms with Crippen LogP contribution in [-0.4, -0.2) is 32.0 Å². The first-order valence-electron chi connectivity index (χ1n) is 11.2. The molecule has 1 aliphatic heterocycles. The van der Waals surface area contributed by atoms with E-state index in [2.05, 4.69) is 38.6 Å². The van der Waals surface area contributed by atoms with Crippen LogP contribution in [0.4, 0.5) is 5.69 Å². The second-order valence-electron chi connectivity index (χ2n) is 8.50. The number of anilines is 1. The topological polar surface area (TPSA) is 62.2 Å². The van der Waals surface area contributed by atoms with Crippen LogP contribution in [0.15, 0.2) is 73.2 Å². The number of aromatic nitrogens is 2. The van der Waals surface area contributed by atoms with Crippen molar-refractivity contribution in [3.05, 3.63) is 84.4 Å². The number of para-hydroxylation sites is 1. The van der Waals surface area contributed by atoms with Crippen LogP contribution in [0.5, 0.6) is 0 Å². The van der Waals surface area contributed by atoms with Gasteiger partial charge in [0.1, 0.15) is 6.54 Å². The van der Waals surface area contributed by atoms with E-state index >= 15 is 0 Å². The van der Waals surface area contributed by atoms with Gasteiger partial charge < -0.3 is 20.1 Å². The lowest BCUT2D eigenvalue weighted by molar-refractivity contribution is -0.116. The maximum atomic E-state index is 12.9. The van der Waals surface area contributed by atoms with Gasteiger partial charge in [0.25, 0.3) is 0 Å². The number of pyridine rings is 1. The van der Waals surface area contributed by atoms with Crippen LogP contribution in [0.1, 0.15) is 55.1 Å². The van der Waals surface area contributed by atoms with E-state index in [-0.39, 0.29) is 24.5 Å². The van der Waals surface area contributed by atoms with Crippen LogP contribution in [-0.2, 0) is 4.79 Å². The highest BCUT2D eigenvalue weighted by atomic mass is 32.1. The third-order valence-electron chi connectivity index (χ3n) is 6.39. The fraction of sp³-hybridized carbons (Fsp3) is 0.320. The summed E-state index contributed by atoms with van der Waals surface area (Å²) < 4.78 is 2.33. The van der Waals surface area contributed by atoms with Gasteiger partial charge in [0.2, 0.25) is 5.91 Å². The molecular weight excluding hydrogens is 418 g/mol. The number of amides is 1. The molecule has 3 aromatic rings. The number of benzene rings is 1. The van der Waals surface area contributed by atoms with Gasteiger partial charge in [-0.1, -0.05) is 37.1 Å². The molecular formula is C25H27N5OS. The van der Waals surface area contributed by atoms with Crippen LogP contribution >= 0.6 is 12.2 Å². The van der Waals surface area contributed by atoms with Crippen LogP contribution in [0.3, 0.4) is 0 Å². The van der Waals surface area contributed by atoms with Crippen molar-refractivity contribution >= 4 is 28.9 Å². The first kappa shape index (κ1) is 20.7. The lowest BCUT2D eigenvalue weighted by Gasteiger charge is -2.26. The second kappa shape index (κ2) is 9.12. The molecule has 2 N–H and O–H groups in total. The normalized spacial score (nSPS) is 21.0. The molecule has 164 valence electrons. The largest absolute Gasteiger partial charge is 0.352 e. The molecule has 2 aromatic heterocycles. The first-order chi connectivity index (χ1) is 15.7. The van der Waals surface area contributed by atoms with Crippen molar-refractivity contribution in [3.63, 3.8) is 0 Å². The predicted molar refractivity (Wildman–Crippen MR) is 129 cm³/mol. The highest BCUT2D eigenvalue weighted by Gasteiger charge is 2.41. The zero-order valence-electron chi connectivity index (χ0n) is 17.9. The first-order valence-corrected chi connectivity index (χ1v) is 11.6. The minimum Gasteiger partial charge on any atom is -0.352 e. The summed E-state index contributed by atoms with van der Waals surface area (Å²) in [6, 6.07) is 17.9. The summed E-state index contributed by atoms with van der Waals surface area (Å²) in [6.45, 7) is 0.170. The summed E-state index contributed by atoms with van der Waals surface area (Å²) in [4.78, 5) is 19.5. The Hall–Kier alpha value is -3.19. The number of thiocarbonyl (C=S) groups is 1. The number of carbonyl (C=O) groups excluding carboxylic acids is 1. The maximum absolute atomic E-state index is 12.9. The Balaban J connectivity index is 1.43. The average Bonchev–Trinajstić information content (AvgIpc) is 3.56. The van der Waals surface area contributed by atoms with Crippen molar-refractivity contribution in [2.24, 2.45) is 0 Å². The second-order valence-corrected chi connectivity index (χ2v) is 8.89. The van der Waals surface area contributed by atoms with Gasteiger partial charge in [-0.2, -0.15) is 0 Å². The summed E-state index contributed by atoms with van der Waals surface area (Å²) in [5.74, 6) is -0.0951. The van der Waals surface area contributed by atoms with Crippen molar-refractivity contribution in [1.29, 1.82) is 0 Å². The smallest absolute Gasteiger partial charge is 0.244 e. The zero-order chi connectivity index (χ0) is 21.9. The van der Waals surface area contributed by atoms with Crippen LogP contribution in [0, 0.1) is 0 Å². The standard InChI is InChI=1S/C25H27N5OS/c31-22(27-19-8-2-1-3-9-19)17-30-24(18-13-15-29(16-18)20-10-4-5-11-20)23(28-25(30)32)21-12-6-7-14-26-21/h1-3,6-9,12-16,20,23-24H,4-5,10-11,17H2,(H,27,31)(H,28,32)/t23-,24+/m1/s1. The maximum Gasteiger partial charge on any atom is 0.244 e. The predicted octanol–water partition coefficient (Wildman–Crippen LogP) is 4.61. The molecule has 1 aliphatic carbocycles. The molecule has 7 heteroatoms. The molecule has 1 saturated heterocycles. The molecule has 5 rings (SSSR count). The van der Waals surface area contributed by atoms with Crippen molar-refractivity contribution in [3.8, 4) is 0 Å². The van der Waals surface area contributed by atoms with E-state index in [1.807, 2.05) is 53.4 Å². The van der Waals surface area contributed by atoms with Gasteiger partial charge >= 0.3 is 0 Å². The summed E-state index contributed by atoms with van der Waals surface area (Å²) in [5.41, 5.74) is 2.84. The Kier molecular flexibility index (Phi) is 5.90. The Morgan fingerprint density at radius 1 is 1.09 bits per heavy atom. The summed E-state index contributed by atoms with van der Waals surface area (Å²) in [5, 5.41) is 6.97. The van der Waals surface area contributed by atoms with Gasteiger partial charge in [-0.15, -0.1) is 0 Å². The minimum atomic E-state index is -0.118. The molecule has 3 heterocycles. The molecule has 32 heavy (non-hydrogen) atoms. The Morgan fingerprint density at radius 2 is 1.88 bits per heavy atom. The molecule has 2 fully saturated rings. The lowest BCUT2D eigenvalue weighted by Crippen LogP contribution is -2.37. The number of nitrogens with one attached hydrogen (secondary N) is 2. The molecule has 2 aliphatic rings. The van der Waals surface area contributed by atoms with E-state index < -0.39 is 0 Å². The molecule has 6 nitrogen and oxygen atoms in total. The zero-order valence-corrected chi connectivity index (χ0v) is 18.7. The number of carbonyl (C=O) groups is 1. The fourth-order valence-electron chi connectivity index (χ4n) is 4.85. The number of hydrogen-bond acceptors (Lipinski definition) is 3. The van der Waals surface area contributed by atoms with E-state index in [0.29, 0.717) is 11.2 Å². The minimum absolute atomic E-state index is 0.0951. The van der Waals surface area contributed by atoms with E-state index in [1.165, 1.54) is 25.7 Å². The lowest BCUT2D eigenvalue weighted by atomic mass is 9.99. The number of nitrogens with zero attached hydrogens (tertiary/aromatic N) is 3. The molecule has 0 unspecified atom stereocenters. The van der Waals surface area contributed by atoms with Gasteiger partial charge in [-0.25, -0.2) is 0 Å². The van der Waals surface area contributed by atoms with Crippen LogP contribution in [0.2, 0.25) is 0 Å². The van der Waals surface area contributed by atoms with Gasteiger partial charge in [0, 0.05) is 30.3 Å². The van der Waals surface area contributed by atoms with Crippen LogP contribution in [0.25, 0.3) is 0 Å². The summed E-state index contributed by atoms with van der Waals surface area (Å²) in [6.07, 6.45) is 11.2. The van der Waals surface area contributed by atoms with E-state index in [0.717, 1.165) is 16.9 Å². The molecule has 2 atom stereocenters. The van der Waals surface area contributed by atoms with Gasteiger partial charge in [0.15, 0.2) is 5.11 Å². The van der Waals surface area contributed by atoms with Crippen LogP contribution < -0.4 is 10.6 Å². The molecule has 1 saturated carbocycles. The molecule has 1 aromatic carbocycles. The third kappa shape index (κ3) is 4.25. The highest BCUT2D eigenvalue weighted by molar-refractivity contribution is 7.80. The fourth-order valence-corrected chi connectivity index (χ4v) is 5.16. The Morgan fingerprint density at radius 3 is 2.62 bits per heavy atom. The van der Waals surface area contributed by atoms with E-state index in [1.54, 1.807) is 6.20 Å². The summed E-state index contributed by atoms with van der Waals surface area (Å²) >= 11 is 5.69. The van der Waals surface area contributed by atoms with Crippen molar-refractivity contribution in [2.45, 2.75) is 43.8 Å². The number of hydrogen-bond donors (Lipinski definition) is 2. The van der Waals surface area contributed by atoms with Crippen molar-refractivity contribution in [1.82, 2.24) is 19.8 Å². The molecule has 0 bridgehead atoms. The molecule has 0 radical (unpaired) electrons. The average molecular weight is 446 g/mol. The SMILES string of the molecule is O=C(CN1C(=S)N[C@H](c2ccccn2)[C@@H]1c1ccn(C2CCCC2)c1)Nc1ccccc1. The Labute approximate surface area is 193 Å². The molecule has 1 amide bonds. The van der Waals surface area contributed by atoms with Crippen molar-refractivity contribution < 1.29 is 4.79 Å². The van der Waals surface area contributed by atoms with Crippen molar-refractivity contribution in [2.75, 3.05) is 11.9 Å². The third-order valence-corrected chi connectivity index (χ3v) is 6.75. The highest BCUT2D eigenvalue weighted by Crippen LogP contribution is 2.39. The monoisotopic (exact) mass is 445 g/mol. The Bertz CT molecular complexity index is 1080. The van der Waals surface area contributed by atoms with E-state index in [9.17, 15) is 4.79 Å². The summed E-state index contributed by atoms with van der Waals surface area (Å²) in [7, 11) is 0. The van der Waals surface area contributed by atoms with Gasteiger partial charge in [-0.05, 0) is 61.0 Å². The number of rotatable bonds is 6. The van der Waals surface area contributed by atoms with Gasteiger partial charge in [0.05, 0.1) is 17.8 Å². The quantitative estimate of drug-likeness (QED) is 0.543.